The van der Waals surface area contributed by atoms with E-state index in [4.69, 9.17) is 4.74 Å². The van der Waals surface area contributed by atoms with Crippen LogP contribution in [0.1, 0.15) is 46.5 Å². The van der Waals surface area contributed by atoms with Crippen molar-refractivity contribution in [3.05, 3.63) is 0 Å². The Kier molecular flexibility index (Phi) is 5.75. The SMILES string of the molecule is CN(CCOC(C)(C)C)C1CCCCC1Br. The molecule has 3 heteroatoms. The van der Waals surface area contributed by atoms with E-state index >= 15 is 0 Å². The van der Waals surface area contributed by atoms with Gasteiger partial charge in [-0.3, -0.25) is 0 Å². The van der Waals surface area contributed by atoms with E-state index in [1.165, 1.54) is 25.7 Å². The zero-order valence-electron chi connectivity index (χ0n) is 11.1. The summed E-state index contributed by atoms with van der Waals surface area (Å²) in [5.41, 5.74) is -0.0127. The van der Waals surface area contributed by atoms with Crippen molar-refractivity contribution in [1.82, 2.24) is 4.90 Å². The molecule has 2 atom stereocenters. The lowest BCUT2D eigenvalue weighted by atomic mass is 9.94. The Morgan fingerprint density at radius 2 is 1.88 bits per heavy atom. The predicted molar refractivity (Wildman–Crippen MR) is 73.3 cm³/mol. The van der Waals surface area contributed by atoms with Gasteiger partial charge in [0.1, 0.15) is 0 Å². The predicted octanol–water partition coefficient (Wildman–Crippen LogP) is 3.44. The summed E-state index contributed by atoms with van der Waals surface area (Å²) in [4.78, 5) is 3.12. The summed E-state index contributed by atoms with van der Waals surface area (Å²) in [7, 11) is 2.22. The third-order valence-electron chi connectivity index (χ3n) is 3.19. The maximum atomic E-state index is 5.77. The Morgan fingerprint density at radius 3 is 2.44 bits per heavy atom. The Morgan fingerprint density at radius 1 is 1.25 bits per heavy atom. The van der Waals surface area contributed by atoms with E-state index in [2.05, 4.69) is 48.6 Å². The van der Waals surface area contributed by atoms with Crippen LogP contribution in [0.15, 0.2) is 0 Å². The van der Waals surface area contributed by atoms with Crippen LogP contribution in [0, 0.1) is 0 Å². The van der Waals surface area contributed by atoms with Crippen molar-refractivity contribution in [2.45, 2.75) is 62.9 Å². The quantitative estimate of drug-likeness (QED) is 0.736. The van der Waals surface area contributed by atoms with Gasteiger partial charge in [0.25, 0.3) is 0 Å². The molecule has 96 valence electrons. The number of hydrogen-bond acceptors (Lipinski definition) is 2. The molecular formula is C13H26BrNO. The van der Waals surface area contributed by atoms with Gasteiger partial charge >= 0.3 is 0 Å². The minimum atomic E-state index is -0.0127. The van der Waals surface area contributed by atoms with Crippen LogP contribution in [0.4, 0.5) is 0 Å². The Hall–Kier alpha value is 0.400. The fourth-order valence-electron chi connectivity index (χ4n) is 2.22. The minimum Gasteiger partial charge on any atom is -0.375 e. The van der Waals surface area contributed by atoms with Crippen LogP contribution < -0.4 is 0 Å². The van der Waals surface area contributed by atoms with E-state index in [9.17, 15) is 0 Å². The summed E-state index contributed by atoms with van der Waals surface area (Å²) in [5.74, 6) is 0. The molecule has 1 rings (SSSR count). The third-order valence-corrected chi connectivity index (χ3v) is 4.26. The molecule has 0 saturated heterocycles. The molecule has 1 fully saturated rings. The maximum Gasteiger partial charge on any atom is 0.0600 e. The smallest absolute Gasteiger partial charge is 0.0600 e. The van der Waals surface area contributed by atoms with Crippen LogP contribution in [0.5, 0.6) is 0 Å². The van der Waals surface area contributed by atoms with Crippen molar-refractivity contribution >= 4 is 15.9 Å². The van der Waals surface area contributed by atoms with E-state index in [-0.39, 0.29) is 5.60 Å². The molecule has 16 heavy (non-hydrogen) atoms. The highest BCUT2D eigenvalue weighted by Gasteiger charge is 2.26. The Balaban J connectivity index is 2.25. The van der Waals surface area contributed by atoms with Gasteiger partial charge in [-0.05, 0) is 40.7 Å². The average molecular weight is 292 g/mol. The maximum absolute atomic E-state index is 5.77. The molecule has 0 aromatic heterocycles. The van der Waals surface area contributed by atoms with Gasteiger partial charge in [-0.25, -0.2) is 0 Å². The second kappa shape index (κ2) is 6.36. The van der Waals surface area contributed by atoms with Gasteiger partial charge in [-0.15, -0.1) is 0 Å². The summed E-state index contributed by atoms with van der Waals surface area (Å²) >= 11 is 3.80. The molecule has 0 aromatic rings. The molecule has 1 aliphatic carbocycles. The first-order valence-corrected chi connectivity index (χ1v) is 7.30. The summed E-state index contributed by atoms with van der Waals surface area (Å²) in [6.45, 7) is 8.20. The highest BCUT2D eigenvalue weighted by atomic mass is 79.9. The number of alkyl halides is 1. The largest absolute Gasteiger partial charge is 0.375 e. The van der Waals surface area contributed by atoms with Crippen LogP contribution in [0.3, 0.4) is 0 Å². The zero-order valence-corrected chi connectivity index (χ0v) is 12.7. The molecular weight excluding hydrogens is 266 g/mol. The van der Waals surface area contributed by atoms with E-state index in [1.54, 1.807) is 0 Å². The fraction of sp³-hybridized carbons (Fsp3) is 1.00. The number of likely N-dealkylation sites (N-methyl/N-ethyl adjacent to an activating group) is 1. The van der Waals surface area contributed by atoms with Crippen LogP contribution in [-0.4, -0.2) is 41.6 Å². The molecule has 0 radical (unpaired) electrons. The van der Waals surface area contributed by atoms with Crippen molar-refractivity contribution in [3.63, 3.8) is 0 Å². The van der Waals surface area contributed by atoms with E-state index < -0.39 is 0 Å². The molecule has 0 heterocycles. The lowest BCUT2D eigenvalue weighted by Gasteiger charge is -2.35. The molecule has 2 unspecified atom stereocenters. The normalized spacial score (nSPS) is 27.4. The number of nitrogens with zero attached hydrogens (tertiary/aromatic N) is 1. The van der Waals surface area contributed by atoms with Crippen LogP contribution in [0.2, 0.25) is 0 Å². The van der Waals surface area contributed by atoms with E-state index in [0.717, 1.165) is 13.2 Å². The first-order chi connectivity index (χ1) is 7.40. The van der Waals surface area contributed by atoms with Crippen molar-refractivity contribution in [2.75, 3.05) is 20.2 Å². The molecule has 0 bridgehead atoms. The van der Waals surface area contributed by atoms with Gasteiger partial charge in [0, 0.05) is 17.4 Å². The topological polar surface area (TPSA) is 12.5 Å². The molecule has 1 aliphatic rings. The molecule has 0 spiro atoms. The van der Waals surface area contributed by atoms with E-state index in [1.807, 2.05) is 0 Å². The Bertz CT molecular complexity index is 203. The lowest BCUT2D eigenvalue weighted by molar-refractivity contribution is -0.0155. The number of rotatable bonds is 4. The van der Waals surface area contributed by atoms with Gasteiger partial charge in [0.15, 0.2) is 0 Å². The molecule has 0 amide bonds. The van der Waals surface area contributed by atoms with Crippen molar-refractivity contribution < 1.29 is 4.74 Å². The highest BCUT2D eigenvalue weighted by molar-refractivity contribution is 9.09. The lowest BCUT2D eigenvalue weighted by Crippen LogP contribution is -2.42. The first kappa shape index (κ1) is 14.5. The summed E-state index contributed by atoms with van der Waals surface area (Å²) in [6.07, 6.45) is 5.38. The monoisotopic (exact) mass is 291 g/mol. The molecule has 0 aromatic carbocycles. The fourth-order valence-corrected chi connectivity index (χ4v) is 3.22. The van der Waals surface area contributed by atoms with E-state index in [0.29, 0.717) is 10.9 Å². The van der Waals surface area contributed by atoms with Crippen LogP contribution in [0.25, 0.3) is 0 Å². The standard InChI is InChI=1S/C13H26BrNO/c1-13(2,3)16-10-9-15(4)12-8-6-5-7-11(12)14/h11-12H,5-10H2,1-4H3. The molecule has 0 N–H and O–H groups in total. The average Bonchev–Trinajstić information content (AvgIpc) is 2.16. The molecule has 2 nitrogen and oxygen atoms in total. The number of halogens is 1. The summed E-state index contributed by atoms with van der Waals surface area (Å²) in [5, 5.41) is 0. The van der Waals surface area contributed by atoms with Crippen LogP contribution >= 0.6 is 15.9 Å². The summed E-state index contributed by atoms with van der Waals surface area (Å²) < 4.78 is 5.77. The third kappa shape index (κ3) is 5.15. The molecule has 0 aliphatic heterocycles. The molecule has 1 saturated carbocycles. The van der Waals surface area contributed by atoms with Crippen molar-refractivity contribution in [1.29, 1.82) is 0 Å². The van der Waals surface area contributed by atoms with Crippen molar-refractivity contribution in [3.8, 4) is 0 Å². The second-order valence-electron chi connectivity index (χ2n) is 5.81. The van der Waals surface area contributed by atoms with Gasteiger partial charge in [0.2, 0.25) is 0 Å². The van der Waals surface area contributed by atoms with Gasteiger partial charge in [-0.1, -0.05) is 28.8 Å². The number of ether oxygens (including phenoxy) is 1. The zero-order chi connectivity index (χ0) is 12.2. The Labute approximate surface area is 109 Å². The van der Waals surface area contributed by atoms with Gasteiger partial charge in [0.05, 0.1) is 12.2 Å². The number of hydrogen-bond donors (Lipinski definition) is 0. The minimum absolute atomic E-state index is 0.0127. The second-order valence-corrected chi connectivity index (χ2v) is 6.99. The van der Waals surface area contributed by atoms with Gasteiger partial charge in [-0.2, -0.15) is 0 Å². The van der Waals surface area contributed by atoms with Crippen molar-refractivity contribution in [2.24, 2.45) is 0 Å². The van der Waals surface area contributed by atoms with Crippen LogP contribution in [-0.2, 0) is 4.74 Å². The first-order valence-electron chi connectivity index (χ1n) is 6.38. The van der Waals surface area contributed by atoms with Gasteiger partial charge < -0.3 is 9.64 Å². The summed E-state index contributed by atoms with van der Waals surface area (Å²) in [6, 6.07) is 0.692. The highest BCUT2D eigenvalue weighted by Crippen LogP contribution is 2.27.